The first-order valence-electron chi connectivity index (χ1n) is 18.3. The van der Waals surface area contributed by atoms with Crippen molar-refractivity contribution < 1.29 is 0 Å². The Morgan fingerprint density at radius 1 is 0.377 bits per heavy atom. The minimum Gasteiger partial charge on any atom is -0.228 e. The number of hydrogen-bond donors (Lipinski definition) is 0. The van der Waals surface area contributed by atoms with Crippen LogP contribution < -0.4 is 0 Å². The molecule has 1 aliphatic rings. The smallest absolute Gasteiger partial charge is 0.160 e. The van der Waals surface area contributed by atoms with Gasteiger partial charge in [-0.1, -0.05) is 178 Å². The highest BCUT2D eigenvalue weighted by atomic mass is 14.9. The molecule has 0 amide bonds. The molecule has 1 aliphatic carbocycles. The van der Waals surface area contributed by atoms with E-state index in [4.69, 9.17) is 9.97 Å². The molecule has 8 aromatic carbocycles. The molecule has 0 spiro atoms. The minimum absolute atomic E-state index is 0.0764. The summed E-state index contributed by atoms with van der Waals surface area (Å²) in [5.41, 5.74) is 15.2. The van der Waals surface area contributed by atoms with Gasteiger partial charge in [0.25, 0.3) is 0 Å². The molecule has 1 heterocycles. The molecule has 1 aromatic heterocycles. The quantitative estimate of drug-likeness (QED) is 0.181. The third kappa shape index (κ3) is 5.18. The van der Waals surface area contributed by atoms with Crippen LogP contribution in [0.5, 0.6) is 0 Å². The Balaban J connectivity index is 1.13. The molecule has 9 aromatic rings. The third-order valence-corrected chi connectivity index (χ3v) is 11.1. The van der Waals surface area contributed by atoms with Gasteiger partial charge < -0.3 is 0 Å². The number of rotatable bonds is 5. The fraction of sp³-hybridized carbons (Fsp3) is 0.0588. The van der Waals surface area contributed by atoms with Crippen molar-refractivity contribution in [2.24, 2.45) is 0 Å². The lowest BCUT2D eigenvalue weighted by atomic mass is 9.78. The van der Waals surface area contributed by atoms with Gasteiger partial charge in [-0.15, -0.1) is 0 Å². The van der Waals surface area contributed by atoms with E-state index in [9.17, 15) is 0 Å². The average Bonchev–Trinajstić information content (AvgIpc) is 3.46. The topological polar surface area (TPSA) is 25.8 Å². The van der Waals surface area contributed by atoms with Crippen molar-refractivity contribution >= 4 is 21.5 Å². The van der Waals surface area contributed by atoms with Crippen LogP contribution in [0.1, 0.15) is 25.0 Å². The van der Waals surface area contributed by atoms with Crippen LogP contribution in [0, 0.1) is 0 Å². The van der Waals surface area contributed by atoms with Gasteiger partial charge in [0.05, 0.1) is 11.4 Å². The molecule has 0 atom stereocenters. The lowest BCUT2D eigenvalue weighted by molar-refractivity contribution is 0.662. The second kappa shape index (κ2) is 12.3. The summed E-state index contributed by atoms with van der Waals surface area (Å²) < 4.78 is 0. The molecule has 0 N–H and O–H groups in total. The number of hydrogen-bond acceptors (Lipinski definition) is 2. The van der Waals surface area contributed by atoms with E-state index in [1.807, 2.05) is 18.2 Å². The van der Waals surface area contributed by atoms with Crippen molar-refractivity contribution in [3.05, 3.63) is 193 Å². The molecule has 0 fully saturated rings. The van der Waals surface area contributed by atoms with Gasteiger partial charge in [0.15, 0.2) is 5.82 Å². The highest BCUT2D eigenvalue weighted by molar-refractivity contribution is 6.04. The van der Waals surface area contributed by atoms with E-state index < -0.39 is 0 Å². The van der Waals surface area contributed by atoms with Crippen molar-refractivity contribution in [3.63, 3.8) is 0 Å². The largest absolute Gasteiger partial charge is 0.228 e. The fourth-order valence-electron chi connectivity index (χ4n) is 8.51. The molecule has 0 bridgehead atoms. The van der Waals surface area contributed by atoms with E-state index in [0.29, 0.717) is 5.82 Å². The van der Waals surface area contributed by atoms with Crippen LogP contribution in [-0.2, 0) is 5.41 Å². The van der Waals surface area contributed by atoms with E-state index >= 15 is 0 Å². The molecule has 250 valence electrons. The second-order valence-electron chi connectivity index (χ2n) is 14.6. The van der Waals surface area contributed by atoms with E-state index in [-0.39, 0.29) is 5.41 Å². The predicted octanol–water partition coefficient (Wildman–Crippen LogP) is 13.4. The molecule has 0 saturated carbocycles. The van der Waals surface area contributed by atoms with E-state index in [1.54, 1.807) is 0 Å². The van der Waals surface area contributed by atoms with Gasteiger partial charge in [-0.3, -0.25) is 0 Å². The molecule has 10 rings (SSSR count). The van der Waals surface area contributed by atoms with Gasteiger partial charge >= 0.3 is 0 Å². The Bertz CT molecular complexity index is 2850. The lowest BCUT2D eigenvalue weighted by Crippen LogP contribution is -2.16. The van der Waals surface area contributed by atoms with E-state index in [1.165, 1.54) is 54.9 Å². The van der Waals surface area contributed by atoms with Gasteiger partial charge in [0.1, 0.15) is 0 Å². The summed E-state index contributed by atoms with van der Waals surface area (Å²) in [6.45, 7) is 4.71. The van der Waals surface area contributed by atoms with Crippen LogP contribution in [0.15, 0.2) is 182 Å². The second-order valence-corrected chi connectivity index (χ2v) is 14.6. The van der Waals surface area contributed by atoms with Crippen molar-refractivity contribution in [3.8, 4) is 67.3 Å². The SMILES string of the molecule is CC1(C)c2ccccc2-c2cccc(-c3ccc4cc(-c5cc(-c6c(-c7ccccc7)ccc7ccccc67)nc(-c6ccccc6)n5)ccc4c3)c21. The maximum atomic E-state index is 5.29. The molecule has 0 aliphatic heterocycles. The third-order valence-electron chi connectivity index (χ3n) is 11.1. The molecule has 0 radical (unpaired) electrons. The van der Waals surface area contributed by atoms with Crippen LogP contribution in [-0.4, -0.2) is 9.97 Å². The monoisotopic (exact) mass is 676 g/mol. The number of fused-ring (bicyclic) bond motifs is 5. The Hall–Kier alpha value is -6.64. The van der Waals surface area contributed by atoms with E-state index in [0.717, 1.165) is 39.2 Å². The van der Waals surface area contributed by atoms with Gasteiger partial charge in [0.2, 0.25) is 0 Å². The molecule has 0 saturated heterocycles. The summed E-state index contributed by atoms with van der Waals surface area (Å²) in [4.78, 5) is 10.5. The van der Waals surface area contributed by atoms with Gasteiger partial charge in [0, 0.05) is 22.1 Å². The summed E-state index contributed by atoms with van der Waals surface area (Å²) in [6, 6.07) is 65.4. The molecule has 2 heteroatoms. The fourth-order valence-corrected chi connectivity index (χ4v) is 8.51. The Morgan fingerprint density at radius 3 is 1.79 bits per heavy atom. The maximum absolute atomic E-state index is 5.29. The summed E-state index contributed by atoms with van der Waals surface area (Å²) >= 11 is 0. The number of aromatic nitrogens is 2. The molecule has 53 heavy (non-hydrogen) atoms. The van der Waals surface area contributed by atoms with Crippen molar-refractivity contribution in [1.82, 2.24) is 9.97 Å². The average molecular weight is 677 g/mol. The van der Waals surface area contributed by atoms with Crippen LogP contribution in [0.3, 0.4) is 0 Å². The van der Waals surface area contributed by atoms with Crippen LogP contribution >= 0.6 is 0 Å². The highest BCUT2D eigenvalue weighted by Crippen LogP contribution is 2.52. The lowest BCUT2D eigenvalue weighted by Gasteiger charge is -2.24. The summed E-state index contributed by atoms with van der Waals surface area (Å²) in [6.07, 6.45) is 0. The standard InChI is InChI=1S/C51H36N2/c1-51(2)45-23-12-11-20-43(45)44-22-13-21-42(49(44)51)38-26-24-37-31-39(27-25-36(37)30-38)46-32-47(53-50(52-46)35-17-7-4-8-18-35)48-40-19-10-9-16-34(40)28-29-41(48)33-14-5-3-6-15-33/h3-32H,1-2H3. The van der Waals surface area contributed by atoms with Crippen LogP contribution in [0.25, 0.3) is 88.8 Å². The van der Waals surface area contributed by atoms with Gasteiger partial charge in [-0.2, -0.15) is 0 Å². The van der Waals surface area contributed by atoms with Crippen LogP contribution in [0.2, 0.25) is 0 Å². The first kappa shape index (κ1) is 31.1. The minimum atomic E-state index is -0.0764. The van der Waals surface area contributed by atoms with Crippen molar-refractivity contribution in [2.45, 2.75) is 19.3 Å². The Morgan fingerprint density at radius 2 is 0.981 bits per heavy atom. The summed E-state index contributed by atoms with van der Waals surface area (Å²) in [5, 5.41) is 4.73. The van der Waals surface area contributed by atoms with Gasteiger partial charge in [-0.05, 0) is 84.3 Å². The number of benzene rings is 8. The summed E-state index contributed by atoms with van der Waals surface area (Å²) in [5.74, 6) is 0.710. The highest BCUT2D eigenvalue weighted by Gasteiger charge is 2.37. The van der Waals surface area contributed by atoms with Gasteiger partial charge in [-0.25, -0.2) is 9.97 Å². The predicted molar refractivity (Wildman–Crippen MR) is 222 cm³/mol. The van der Waals surface area contributed by atoms with Crippen LogP contribution in [0.4, 0.5) is 0 Å². The normalized spacial score (nSPS) is 12.9. The zero-order valence-corrected chi connectivity index (χ0v) is 29.7. The molecular weight excluding hydrogens is 641 g/mol. The summed E-state index contributed by atoms with van der Waals surface area (Å²) in [7, 11) is 0. The van der Waals surface area contributed by atoms with E-state index in [2.05, 4.69) is 178 Å². The van der Waals surface area contributed by atoms with Crippen molar-refractivity contribution in [2.75, 3.05) is 0 Å². The Labute approximate surface area is 310 Å². The van der Waals surface area contributed by atoms with Crippen molar-refractivity contribution in [1.29, 1.82) is 0 Å². The zero-order chi connectivity index (χ0) is 35.5. The number of nitrogens with zero attached hydrogens (tertiary/aromatic N) is 2. The molecular formula is C51H36N2. The molecule has 0 unspecified atom stereocenters. The molecule has 2 nitrogen and oxygen atoms in total. The Kier molecular flexibility index (Phi) is 7.19. The first-order valence-corrected chi connectivity index (χ1v) is 18.3. The maximum Gasteiger partial charge on any atom is 0.160 e. The first-order chi connectivity index (χ1) is 26.0. The zero-order valence-electron chi connectivity index (χ0n) is 29.7.